The molecule has 2 aliphatic heterocycles. The first-order chi connectivity index (χ1) is 14.8. The maximum Gasteiger partial charge on any atom is 0.255 e. The molecule has 0 bridgehead atoms. The predicted molar refractivity (Wildman–Crippen MR) is 126 cm³/mol. The largest absolute Gasteiger partial charge is 0.322 e. The van der Waals surface area contributed by atoms with Crippen molar-refractivity contribution in [3.05, 3.63) is 69.2 Å². The molecule has 1 unspecified atom stereocenters. The van der Waals surface area contributed by atoms with Crippen LogP contribution in [-0.4, -0.2) is 34.4 Å². The standard InChI is InChI=1S/C24H24ClN3O3.ClH/c1-14-2-3-16(12-20(14)25)11-18(26)6-4-15-5-7-19-17(10-15)13-28(24(19)31)21-8-9-22(29)27-23(21)30;/h2-3,5,7,10,12,21,26H,4,6,8-9,11,13H2,1H3,(H,27,29,30);1H. The molecule has 3 amide bonds. The molecule has 0 spiro atoms. The highest BCUT2D eigenvalue weighted by molar-refractivity contribution is 6.31. The third kappa shape index (κ3) is 5.03. The second kappa shape index (κ2) is 9.84. The van der Waals surface area contributed by atoms with Crippen LogP contribution in [0.1, 0.15) is 51.9 Å². The predicted octanol–water partition coefficient (Wildman–Crippen LogP) is 4.03. The van der Waals surface area contributed by atoms with Crippen LogP contribution < -0.4 is 5.32 Å². The number of rotatable bonds is 6. The van der Waals surface area contributed by atoms with Gasteiger partial charge in [-0.1, -0.05) is 35.9 Å². The zero-order chi connectivity index (χ0) is 22.1. The van der Waals surface area contributed by atoms with Gasteiger partial charge in [-0.15, -0.1) is 12.4 Å². The van der Waals surface area contributed by atoms with Crippen LogP contribution in [-0.2, 0) is 29.0 Å². The van der Waals surface area contributed by atoms with Gasteiger partial charge in [0.1, 0.15) is 6.04 Å². The molecule has 2 aliphatic rings. The lowest BCUT2D eigenvalue weighted by Gasteiger charge is -2.29. The quantitative estimate of drug-likeness (QED) is 0.490. The lowest BCUT2D eigenvalue weighted by atomic mass is 9.99. The number of carbonyl (C=O) groups excluding carboxylic acids is 3. The molecule has 1 atom stereocenters. The van der Waals surface area contributed by atoms with Crippen molar-refractivity contribution in [3.8, 4) is 0 Å². The Hall–Kier alpha value is -2.70. The average Bonchev–Trinajstić information content (AvgIpc) is 3.05. The first kappa shape index (κ1) is 24.0. The number of hydrogen-bond donors (Lipinski definition) is 2. The summed E-state index contributed by atoms with van der Waals surface area (Å²) in [4.78, 5) is 37.9. The second-order valence-corrected chi connectivity index (χ2v) is 8.66. The molecule has 8 heteroatoms. The number of nitrogens with zero attached hydrogens (tertiary/aromatic N) is 1. The molecule has 2 N–H and O–H groups in total. The third-order valence-electron chi connectivity index (χ3n) is 5.96. The number of halogens is 2. The highest BCUT2D eigenvalue weighted by Gasteiger charge is 2.38. The molecule has 0 radical (unpaired) electrons. The number of benzene rings is 2. The van der Waals surface area contributed by atoms with Gasteiger partial charge in [0, 0.05) is 35.7 Å². The van der Waals surface area contributed by atoms with Crippen LogP contribution in [0.5, 0.6) is 0 Å². The van der Waals surface area contributed by atoms with Crippen LogP contribution in [0.15, 0.2) is 36.4 Å². The van der Waals surface area contributed by atoms with E-state index < -0.39 is 11.9 Å². The number of aryl methyl sites for hydroxylation is 2. The van der Waals surface area contributed by atoms with Gasteiger partial charge in [0.15, 0.2) is 0 Å². The van der Waals surface area contributed by atoms with Gasteiger partial charge in [-0.3, -0.25) is 19.7 Å². The van der Waals surface area contributed by atoms with E-state index in [1.807, 2.05) is 43.3 Å². The molecule has 168 valence electrons. The minimum absolute atomic E-state index is 0. The summed E-state index contributed by atoms with van der Waals surface area (Å²) in [6.45, 7) is 2.32. The van der Waals surface area contributed by atoms with Crippen LogP contribution >= 0.6 is 24.0 Å². The average molecular weight is 474 g/mol. The van der Waals surface area contributed by atoms with Crippen LogP contribution in [0.4, 0.5) is 0 Å². The van der Waals surface area contributed by atoms with E-state index in [0.717, 1.165) is 22.3 Å². The summed E-state index contributed by atoms with van der Waals surface area (Å²) in [7, 11) is 0. The van der Waals surface area contributed by atoms with E-state index in [9.17, 15) is 14.4 Å². The molecular weight excluding hydrogens is 449 g/mol. The van der Waals surface area contributed by atoms with Gasteiger partial charge in [0.2, 0.25) is 11.8 Å². The minimum Gasteiger partial charge on any atom is -0.322 e. The zero-order valence-electron chi connectivity index (χ0n) is 17.7. The highest BCUT2D eigenvalue weighted by atomic mass is 35.5. The third-order valence-corrected chi connectivity index (χ3v) is 6.36. The maximum absolute atomic E-state index is 12.8. The highest BCUT2D eigenvalue weighted by Crippen LogP contribution is 2.28. The van der Waals surface area contributed by atoms with Crippen molar-refractivity contribution in [2.24, 2.45) is 0 Å². The van der Waals surface area contributed by atoms with Crippen LogP contribution in [0.3, 0.4) is 0 Å². The van der Waals surface area contributed by atoms with E-state index >= 15 is 0 Å². The molecule has 0 aromatic heterocycles. The molecule has 0 aliphatic carbocycles. The Morgan fingerprint density at radius 3 is 2.62 bits per heavy atom. The molecule has 1 fully saturated rings. The summed E-state index contributed by atoms with van der Waals surface area (Å²) in [5.74, 6) is -0.856. The van der Waals surface area contributed by atoms with Crippen LogP contribution in [0, 0.1) is 12.3 Å². The Morgan fingerprint density at radius 2 is 1.91 bits per heavy atom. The Kier molecular flexibility index (Phi) is 7.36. The van der Waals surface area contributed by atoms with Crippen molar-refractivity contribution < 1.29 is 14.4 Å². The number of amides is 3. The zero-order valence-corrected chi connectivity index (χ0v) is 19.3. The molecule has 0 saturated carbocycles. The molecule has 4 rings (SSSR count). The van der Waals surface area contributed by atoms with Gasteiger partial charge in [-0.2, -0.15) is 0 Å². The van der Waals surface area contributed by atoms with E-state index in [1.165, 1.54) is 0 Å². The summed E-state index contributed by atoms with van der Waals surface area (Å²) >= 11 is 6.18. The van der Waals surface area contributed by atoms with E-state index in [4.69, 9.17) is 17.0 Å². The Labute approximate surface area is 198 Å². The van der Waals surface area contributed by atoms with Crippen LogP contribution in [0.25, 0.3) is 0 Å². The lowest BCUT2D eigenvalue weighted by molar-refractivity contribution is -0.136. The topological polar surface area (TPSA) is 90.3 Å². The summed E-state index contributed by atoms with van der Waals surface area (Å²) in [5, 5.41) is 11.3. The Balaban J connectivity index is 0.00000289. The van der Waals surface area contributed by atoms with Gasteiger partial charge in [-0.05, 0) is 60.6 Å². The lowest BCUT2D eigenvalue weighted by Crippen LogP contribution is -2.52. The molecule has 1 saturated heterocycles. The minimum atomic E-state index is -0.601. The smallest absolute Gasteiger partial charge is 0.255 e. The number of nitrogens with one attached hydrogen (secondary N) is 2. The van der Waals surface area contributed by atoms with Crippen molar-refractivity contribution in [2.75, 3.05) is 0 Å². The summed E-state index contributed by atoms with van der Waals surface area (Å²) < 4.78 is 0. The van der Waals surface area contributed by atoms with Crippen molar-refractivity contribution in [2.45, 2.75) is 51.6 Å². The van der Waals surface area contributed by atoms with E-state index in [0.29, 0.717) is 48.5 Å². The fourth-order valence-corrected chi connectivity index (χ4v) is 4.36. The van der Waals surface area contributed by atoms with E-state index in [-0.39, 0.29) is 30.6 Å². The molecule has 2 aromatic rings. The number of hydrogen-bond acceptors (Lipinski definition) is 4. The SMILES string of the molecule is Cc1ccc(CC(=N)CCc2ccc3c(c2)CN(C2CCC(=O)NC2=O)C3=O)cc1Cl.Cl. The van der Waals surface area contributed by atoms with Gasteiger partial charge < -0.3 is 10.3 Å². The molecular formula is C24H25Cl2N3O3. The van der Waals surface area contributed by atoms with Gasteiger partial charge in [0.05, 0.1) is 0 Å². The van der Waals surface area contributed by atoms with E-state index in [2.05, 4.69) is 5.32 Å². The van der Waals surface area contributed by atoms with Gasteiger partial charge >= 0.3 is 0 Å². The maximum atomic E-state index is 12.8. The molecule has 6 nitrogen and oxygen atoms in total. The Bertz CT molecular complexity index is 1100. The molecule has 32 heavy (non-hydrogen) atoms. The fraction of sp³-hybridized carbons (Fsp3) is 0.333. The second-order valence-electron chi connectivity index (χ2n) is 8.26. The Morgan fingerprint density at radius 1 is 1.16 bits per heavy atom. The van der Waals surface area contributed by atoms with Crippen molar-refractivity contribution in [1.29, 1.82) is 5.41 Å². The molecule has 2 aromatic carbocycles. The number of fused-ring (bicyclic) bond motifs is 1. The van der Waals surface area contributed by atoms with Crippen LogP contribution in [0.2, 0.25) is 5.02 Å². The van der Waals surface area contributed by atoms with Gasteiger partial charge in [0.25, 0.3) is 5.91 Å². The van der Waals surface area contributed by atoms with E-state index in [1.54, 1.807) is 4.90 Å². The van der Waals surface area contributed by atoms with Crippen molar-refractivity contribution in [3.63, 3.8) is 0 Å². The van der Waals surface area contributed by atoms with Crippen molar-refractivity contribution in [1.82, 2.24) is 10.2 Å². The summed E-state index contributed by atoms with van der Waals surface area (Å²) in [5.41, 5.74) is 5.24. The fourth-order valence-electron chi connectivity index (χ4n) is 4.16. The normalized spacial score (nSPS) is 17.6. The number of carbonyl (C=O) groups is 3. The van der Waals surface area contributed by atoms with Crippen molar-refractivity contribution >= 4 is 47.4 Å². The summed E-state index contributed by atoms with van der Waals surface area (Å²) in [6, 6.07) is 11.0. The monoisotopic (exact) mass is 473 g/mol. The summed E-state index contributed by atoms with van der Waals surface area (Å²) in [6.07, 6.45) is 2.49. The van der Waals surface area contributed by atoms with Gasteiger partial charge in [-0.25, -0.2) is 0 Å². The molecule has 2 heterocycles. The first-order valence-corrected chi connectivity index (χ1v) is 10.8. The first-order valence-electron chi connectivity index (χ1n) is 10.4. The number of imide groups is 1. The number of piperidine rings is 1.